The van der Waals surface area contributed by atoms with Gasteiger partial charge in [-0.1, -0.05) is 34.1 Å². The predicted molar refractivity (Wildman–Crippen MR) is 88.7 cm³/mol. The van der Waals surface area contributed by atoms with Crippen LogP contribution in [0.25, 0.3) is 10.6 Å². The van der Waals surface area contributed by atoms with Gasteiger partial charge < -0.3 is 4.74 Å². The summed E-state index contributed by atoms with van der Waals surface area (Å²) in [6.45, 7) is 0.196. The van der Waals surface area contributed by atoms with E-state index in [2.05, 4.69) is 20.9 Å². The third kappa shape index (κ3) is 3.58. The quantitative estimate of drug-likeness (QED) is 0.599. The fourth-order valence-corrected chi connectivity index (χ4v) is 3.55. The smallest absolute Gasteiger partial charge is 0.348 e. The molecule has 106 valence electrons. The largest absolute Gasteiger partial charge is 0.455 e. The first kappa shape index (κ1) is 14.4. The van der Waals surface area contributed by atoms with Crippen molar-refractivity contribution in [2.75, 3.05) is 0 Å². The zero-order chi connectivity index (χ0) is 14.7. The lowest BCUT2D eigenvalue weighted by Crippen LogP contribution is -2.03. The van der Waals surface area contributed by atoms with Crippen LogP contribution in [-0.2, 0) is 11.3 Å². The number of halogens is 1. The van der Waals surface area contributed by atoms with Crippen LogP contribution < -0.4 is 0 Å². The third-order valence-electron chi connectivity index (χ3n) is 2.70. The maximum atomic E-state index is 11.8. The number of thiazole rings is 1. The molecule has 0 bridgehead atoms. The van der Waals surface area contributed by atoms with Crippen molar-refractivity contribution in [1.82, 2.24) is 4.98 Å². The van der Waals surface area contributed by atoms with Gasteiger partial charge in [0.25, 0.3) is 0 Å². The van der Waals surface area contributed by atoms with Crippen molar-refractivity contribution in [2.45, 2.75) is 6.61 Å². The number of esters is 1. The zero-order valence-electron chi connectivity index (χ0n) is 10.8. The normalized spacial score (nSPS) is 10.5. The number of rotatable bonds is 4. The van der Waals surface area contributed by atoms with E-state index >= 15 is 0 Å². The summed E-state index contributed by atoms with van der Waals surface area (Å²) in [6.07, 6.45) is 0. The molecule has 3 aromatic rings. The highest BCUT2D eigenvalue weighted by atomic mass is 79.9. The molecule has 0 radical (unpaired) electrons. The standard InChI is InChI=1S/C15H10BrNO2S2/c16-11-4-1-3-10(7-11)14-17-12(9-21-14)8-19-15(18)13-5-2-6-20-13/h1-7,9H,8H2. The summed E-state index contributed by atoms with van der Waals surface area (Å²) in [6, 6.07) is 11.5. The van der Waals surface area contributed by atoms with Gasteiger partial charge in [-0.15, -0.1) is 22.7 Å². The van der Waals surface area contributed by atoms with Gasteiger partial charge in [-0.25, -0.2) is 9.78 Å². The average molecular weight is 380 g/mol. The van der Waals surface area contributed by atoms with E-state index in [9.17, 15) is 4.79 Å². The summed E-state index contributed by atoms with van der Waals surface area (Å²) in [5.74, 6) is -0.304. The molecule has 0 aliphatic carbocycles. The SMILES string of the molecule is O=C(OCc1csc(-c2cccc(Br)c2)n1)c1cccs1. The van der Waals surface area contributed by atoms with Crippen LogP contribution in [0.3, 0.4) is 0 Å². The second-order valence-corrected chi connectivity index (χ2v) is 6.93. The molecule has 21 heavy (non-hydrogen) atoms. The Kier molecular flexibility index (Phi) is 4.48. The first-order chi connectivity index (χ1) is 10.2. The number of nitrogens with zero attached hydrogens (tertiary/aromatic N) is 1. The minimum atomic E-state index is -0.304. The van der Waals surface area contributed by atoms with E-state index in [1.165, 1.54) is 22.7 Å². The molecular weight excluding hydrogens is 370 g/mol. The highest BCUT2D eigenvalue weighted by Gasteiger charge is 2.10. The fraction of sp³-hybridized carbons (Fsp3) is 0.0667. The molecule has 0 fully saturated rings. The van der Waals surface area contributed by atoms with Gasteiger partial charge in [0, 0.05) is 15.4 Å². The highest BCUT2D eigenvalue weighted by molar-refractivity contribution is 9.10. The Morgan fingerprint density at radius 2 is 2.14 bits per heavy atom. The van der Waals surface area contributed by atoms with Crippen molar-refractivity contribution in [3.05, 3.63) is 62.2 Å². The van der Waals surface area contributed by atoms with Crippen molar-refractivity contribution >= 4 is 44.6 Å². The van der Waals surface area contributed by atoms with E-state index in [0.717, 1.165) is 20.7 Å². The number of benzene rings is 1. The number of thiophene rings is 1. The van der Waals surface area contributed by atoms with Crippen LogP contribution in [0.2, 0.25) is 0 Å². The highest BCUT2D eigenvalue weighted by Crippen LogP contribution is 2.26. The average Bonchev–Trinajstić information content (AvgIpc) is 3.16. The second-order valence-electron chi connectivity index (χ2n) is 4.21. The van der Waals surface area contributed by atoms with Crippen molar-refractivity contribution in [3.8, 4) is 10.6 Å². The van der Waals surface area contributed by atoms with Crippen LogP contribution in [0.5, 0.6) is 0 Å². The maximum Gasteiger partial charge on any atom is 0.348 e. The molecule has 6 heteroatoms. The molecule has 0 aliphatic heterocycles. The van der Waals surface area contributed by atoms with Gasteiger partial charge in [-0.05, 0) is 23.6 Å². The number of ether oxygens (including phenoxy) is 1. The lowest BCUT2D eigenvalue weighted by atomic mass is 10.2. The van der Waals surface area contributed by atoms with Gasteiger partial charge >= 0.3 is 5.97 Å². The molecule has 0 saturated heterocycles. The molecule has 0 amide bonds. The lowest BCUT2D eigenvalue weighted by molar-refractivity contribution is 0.0474. The van der Waals surface area contributed by atoms with E-state index < -0.39 is 0 Å². The Bertz CT molecular complexity index is 753. The molecule has 0 unspecified atom stereocenters. The maximum absolute atomic E-state index is 11.8. The topological polar surface area (TPSA) is 39.2 Å². The lowest BCUT2D eigenvalue weighted by Gasteiger charge is -2.00. The van der Waals surface area contributed by atoms with E-state index in [1.807, 2.05) is 41.1 Å². The number of hydrogen-bond acceptors (Lipinski definition) is 5. The number of carbonyl (C=O) groups is 1. The van der Waals surface area contributed by atoms with Crippen LogP contribution in [0, 0.1) is 0 Å². The van der Waals surface area contributed by atoms with Crippen molar-refractivity contribution in [3.63, 3.8) is 0 Å². The van der Waals surface area contributed by atoms with Gasteiger partial charge in [-0.3, -0.25) is 0 Å². The summed E-state index contributed by atoms with van der Waals surface area (Å²) in [5, 5.41) is 4.68. The van der Waals surface area contributed by atoms with Crippen molar-refractivity contribution in [2.24, 2.45) is 0 Å². The summed E-state index contributed by atoms with van der Waals surface area (Å²) in [5.41, 5.74) is 1.81. The van der Waals surface area contributed by atoms with E-state index in [-0.39, 0.29) is 12.6 Å². The zero-order valence-corrected chi connectivity index (χ0v) is 14.0. The Morgan fingerprint density at radius 3 is 2.90 bits per heavy atom. The first-order valence-corrected chi connectivity index (χ1v) is 8.68. The van der Waals surface area contributed by atoms with Crippen LogP contribution in [0.15, 0.2) is 51.6 Å². The molecule has 0 saturated carbocycles. The molecular formula is C15H10BrNO2S2. The molecule has 0 N–H and O–H groups in total. The van der Waals surface area contributed by atoms with Crippen LogP contribution >= 0.6 is 38.6 Å². The van der Waals surface area contributed by atoms with E-state index in [0.29, 0.717) is 4.88 Å². The van der Waals surface area contributed by atoms with Gasteiger partial charge in [0.1, 0.15) is 16.5 Å². The number of carbonyl (C=O) groups excluding carboxylic acids is 1. The monoisotopic (exact) mass is 379 g/mol. The van der Waals surface area contributed by atoms with E-state index in [1.54, 1.807) is 6.07 Å². The van der Waals surface area contributed by atoms with Crippen LogP contribution in [0.4, 0.5) is 0 Å². The minimum absolute atomic E-state index is 0.196. The number of hydrogen-bond donors (Lipinski definition) is 0. The molecule has 2 heterocycles. The number of aromatic nitrogens is 1. The Morgan fingerprint density at radius 1 is 1.24 bits per heavy atom. The summed E-state index contributed by atoms with van der Waals surface area (Å²) in [4.78, 5) is 16.9. The van der Waals surface area contributed by atoms with Crippen LogP contribution in [-0.4, -0.2) is 11.0 Å². The molecule has 0 spiro atoms. The predicted octanol–water partition coefficient (Wildman–Crippen LogP) is 4.99. The van der Waals surface area contributed by atoms with Gasteiger partial charge in [0.2, 0.25) is 0 Å². The molecule has 3 nitrogen and oxygen atoms in total. The molecule has 1 aromatic carbocycles. The Labute approximate surface area is 138 Å². The molecule has 0 atom stereocenters. The van der Waals surface area contributed by atoms with Crippen molar-refractivity contribution in [1.29, 1.82) is 0 Å². The van der Waals surface area contributed by atoms with Gasteiger partial charge in [0.15, 0.2) is 0 Å². The molecule has 0 aliphatic rings. The summed E-state index contributed by atoms with van der Waals surface area (Å²) >= 11 is 6.36. The molecule has 3 rings (SSSR count). The summed E-state index contributed by atoms with van der Waals surface area (Å²) in [7, 11) is 0. The summed E-state index contributed by atoms with van der Waals surface area (Å²) < 4.78 is 6.27. The first-order valence-electron chi connectivity index (χ1n) is 6.13. The van der Waals surface area contributed by atoms with E-state index in [4.69, 9.17) is 4.74 Å². The second kappa shape index (κ2) is 6.51. The Balaban J connectivity index is 1.67. The Hall–Kier alpha value is -1.50. The van der Waals surface area contributed by atoms with Crippen molar-refractivity contribution < 1.29 is 9.53 Å². The minimum Gasteiger partial charge on any atom is -0.455 e. The van der Waals surface area contributed by atoms with Gasteiger partial charge in [0.05, 0.1) is 5.69 Å². The van der Waals surface area contributed by atoms with Crippen LogP contribution in [0.1, 0.15) is 15.4 Å². The molecule has 2 aromatic heterocycles. The third-order valence-corrected chi connectivity index (χ3v) is 4.98. The van der Waals surface area contributed by atoms with Gasteiger partial charge in [-0.2, -0.15) is 0 Å². The fourth-order valence-electron chi connectivity index (χ4n) is 1.73.